The molecule has 0 aliphatic rings. The number of nitrogens with zero attached hydrogens (tertiary/aromatic N) is 1. The summed E-state index contributed by atoms with van der Waals surface area (Å²) in [5, 5.41) is 13.8. The van der Waals surface area contributed by atoms with Gasteiger partial charge >= 0.3 is 0 Å². The summed E-state index contributed by atoms with van der Waals surface area (Å²) in [6, 6.07) is 19.2. The molecule has 0 fully saturated rings. The third kappa shape index (κ3) is 2.30. The maximum atomic E-state index is 11.4. The van der Waals surface area contributed by atoms with Gasteiger partial charge in [-0.2, -0.15) is 0 Å². The van der Waals surface area contributed by atoms with Gasteiger partial charge in [0.15, 0.2) is 0 Å². The first-order valence-corrected chi connectivity index (χ1v) is 8.23. The van der Waals surface area contributed by atoms with Crippen molar-refractivity contribution in [3.05, 3.63) is 70.8 Å². The molecule has 1 aromatic heterocycles. The van der Waals surface area contributed by atoms with E-state index in [0.717, 1.165) is 10.3 Å². The standard InChI is InChI=1S/C19H13NO3S/c1-23-13-7-9-14(17(11-13)20(21)22)12-6-8-16-15-4-2-3-5-18(15)24-19(16)10-12/h2-11H,1H3. The number of fused-ring (bicyclic) bond motifs is 3. The molecule has 4 aromatic rings. The van der Waals surface area contributed by atoms with Gasteiger partial charge in [0.2, 0.25) is 0 Å². The van der Waals surface area contributed by atoms with E-state index in [-0.39, 0.29) is 10.6 Å². The minimum absolute atomic E-state index is 0.0508. The van der Waals surface area contributed by atoms with Crippen molar-refractivity contribution >= 4 is 37.2 Å². The van der Waals surface area contributed by atoms with Crippen LogP contribution in [0.25, 0.3) is 31.3 Å². The van der Waals surface area contributed by atoms with Gasteiger partial charge in [-0.05, 0) is 29.8 Å². The normalized spacial score (nSPS) is 11.0. The highest BCUT2D eigenvalue weighted by Gasteiger charge is 2.17. The van der Waals surface area contributed by atoms with Gasteiger partial charge in [-0.25, -0.2) is 0 Å². The summed E-state index contributed by atoms with van der Waals surface area (Å²) in [5.41, 5.74) is 1.48. The second-order valence-electron chi connectivity index (χ2n) is 5.45. The first kappa shape index (κ1) is 14.7. The van der Waals surface area contributed by atoms with E-state index in [0.29, 0.717) is 11.3 Å². The average molecular weight is 335 g/mol. The zero-order chi connectivity index (χ0) is 16.7. The van der Waals surface area contributed by atoms with Gasteiger partial charge in [0.25, 0.3) is 5.69 Å². The van der Waals surface area contributed by atoms with Crippen molar-refractivity contribution < 1.29 is 9.66 Å². The molecule has 24 heavy (non-hydrogen) atoms. The van der Waals surface area contributed by atoms with E-state index in [9.17, 15) is 10.1 Å². The third-order valence-corrected chi connectivity index (χ3v) is 5.22. The second-order valence-corrected chi connectivity index (χ2v) is 6.53. The molecule has 118 valence electrons. The maximum Gasteiger partial charge on any atom is 0.280 e. The molecule has 0 radical (unpaired) electrons. The average Bonchev–Trinajstić information content (AvgIpc) is 2.98. The Hall–Kier alpha value is -2.92. The smallest absolute Gasteiger partial charge is 0.280 e. The highest BCUT2D eigenvalue weighted by atomic mass is 32.1. The van der Waals surface area contributed by atoms with Gasteiger partial charge in [0, 0.05) is 20.2 Å². The lowest BCUT2D eigenvalue weighted by Crippen LogP contribution is -1.93. The number of hydrogen-bond donors (Lipinski definition) is 0. The lowest BCUT2D eigenvalue weighted by Gasteiger charge is -2.06. The largest absolute Gasteiger partial charge is 0.497 e. The Morgan fingerprint density at radius 1 is 0.958 bits per heavy atom. The molecule has 1 heterocycles. The van der Waals surface area contributed by atoms with Gasteiger partial charge in [0.1, 0.15) is 5.75 Å². The molecule has 0 aliphatic heterocycles. The van der Waals surface area contributed by atoms with Gasteiger partial charge in [-0.15, -0.1) is 11.3 Å². The number of nitro benzene ring substituents is 1. The van der Waals surface area contributed by atoms with E-state index < -0.39 is 0 Å². The van der Waals surface area contributed by atoms with Crippen molar-refractivity contribution in [2.24, 2.45) is 0 Å². The summed E-state index contributed by atoms with van der Waals surface area (Å²) in [6.45, 7) is 0. The molecule has 0 saturated carbocycles. The van der Waals surface area contributed by atoms with Crippen LogP contribution >= 0.6 is 11.3 Å². The minimum atomic E-state index is -0.368. The van der Waals surface area contributed by atoms with E-state index in [1.165, 1.54) is 28.6 Å². The highest BCUT2D eigenvalue weighted by molar-refractivity contribution is 7.25. The van der Waals surface area contributed by atoms with E-state index >= 15 is 0 Å². The van der Waals surface area contributed by atoms with Crippen LogP contribution in [0.1, 0.15) is 0 Å². The minimum Gasteiger partial charge on any atom is -0.497 e. The second kappa shape index (κ2) is 5.62. The Morgan fingerprint density at radius 3 is 2.54 bits per heavy atom. The summed E-state index contributed by atoms with van der Waals surface area (Å²) >= 11 is 1.70. The molecule has 0 aliphatic carbocycles. The SMILES string of the molecule is COc1ccc(-c2ccc3c(c2)sc2ccccc23)c([N+](=O)[O-])c1. The number of nitro groups is 1. The van der Waals surface area contributed by atoms with Crippen LogP contribution in [0.4, 0.5) is 5.69 Å². The Bertz CT molecular complexity index is 1080. The molecule has 3 aromatic carbocycles. The molecule has 0 N–H and O–H groups in total. The van der Waals surface area contributed by atoms with E-state index in [2.05, 4.69) is 12.1 Å². The van der Waals surface area contributed by atoms with Crippen molar-refractivity contribution in [3.63, 3.8) is 0 Å². The topological polar surface area (TPSA) is 52.4 Å². The van der Waals surface area contributed by atoms with Crippen LogP contribution in [0.15, 0.2) is 60.7 Å². The van der Waals surface area contributed by atoms with Gasteiger partial charge in [-0.3, -0.25) is 10.1 Å². The monoisotopic (exact) mass is 335 g/mol. The van der Waals surface area contributed by atoms with Crippen molar-refractivity contribution in [1.29, 1.82) is 0 Å². The summed E-state index contributed by atoms with van der Waals surface area (Å²) in [4.78, 5) is 11.1. The lowest BCUT2D eigenvalue weighted by molar-refractivity contribution is -0.384. The molecule has 0 bridgehead atoms. The molecule has 4 rings (SSSR count). The highest BCUT2D eigenvalue weighted by Crippen LogP contribution is 2.39. The predicted molar refractivity (Wildman–Crippen MR) is 98.0 cm³/mol. The molecule has 4 nitrogen and oxygen atoms in total. The fraction of sp³-hybridized carbons (Fsp3) is 0.0526. The van der Waals surface area contributed by atoms with Crippen molar-refractivity contribution in [2.75, 3.05) is 7.11 Å². The maximum absolute atomic E-state index is 11.4. The van der Waals surface area contributed by atoms with Crippen LogP contribution < -0.4 is 4.74 Å². The third-order valence-electron chi connectivity index (χ3n) is 4.09. The number of thiophene rings is 1. The Morgan fingerprint density at radius 2 is 1.75 bits per heavy atom. The van der Waals surface area contributed by atoms with Gasteiger partial charge in [-0.1, -0.05) is 30.3 Å². The van der Waals surface area contributed by atoms with E-state index in [4.69, 9.17) is 4.74 Å². The molecule has 5 heteroatoms. The Labute approximate surface area is 142 Å². The fourth-order valence-corrected chi connectivity index (χ4v) is 4.07. The first-order valence-electron chi connectivity index (χ1n) is 7.41. The molecular formula is C19H13NO3S. The van der Waals surface area contributed by atoms with Crippen LogP contribution in [0.3, 0.4) is 0 Å². The molecule has 0 atom stereocenters. The van der Waals surface area contributed by atoms with Crippen LogP contribution in [0.2, 0.25) is 0 Å². The van der Waals surface area contributed by atoms with Crippen LogP contribution in [0, 0.1) is 10.1 Å². The number of benzene rings is 3. The summed E-state index contributed by atoms with van der Waals surface area (Å²) in [6.07, 6.45) is 0. The number of ether oxygens (including phenoxy) is 1. The summed E-state index contributed by atoms with van der Waals surface area (Å²) in [7, 11) is 1.50. The van der Waals surface area contributed by atoms with Crippen LogP contribution in [-0.2, 0) is 0 Å². The summed E-state index contributed by atoms with van der Waals surface area (Å²) < 4.78 is 7.44. The molecular weight excluding hydrogens is 322 g/mol. The van der Waals surface area contributed by atoms with Gasteiger partial charge < -0.3 is 4.74 Å². The quantitative estimate of drug-likeness (QED) is 0.360. The molecule has 0 unspecified atom stereocenters. The Kier molecular flexibility index (Phi) is 3.43. The number of hydrogen-bond acceptors (Lipinski definition) is 4. The van der Waals surface area contributed by atoms with Crippen LogP contribution in [-0.4, -0.2) is 12.0 Å². The van der Waals surface area contributed by atoms with Crippen molar-refractivity contribution in [3.8, 4) is 16.9 Å². The fourth-order valence-electron chi connectivity index (χ4n) is 2.93. The zero-order valence-corrected chi connectivity index (χ0v) is 13.7. The lowest BCUT2D eigenvalue weighted by atomic mass is 10.0. The zero-order valence-electron chi connectivity index (χ0n) is 12.9. The Balaban J connectivity index is 1.93. The molecule has 0 amide bonds. The molecule has 0 saturated heterocycles. The predicted octanol–water partition coefficient (Wildman–Crippen LogP) is 5.64. The first-order chi connectivity index (χ1) is 11.7. The molecule has 0 spiro atoms. The van der Waals surface area contributed by atoms with Crippen molar-refractivity contribution in [1.82, 2.24) is 0 Å². The van der Waals surface area contributed by atoms with Gasteiger partial charge in [0.05, 0.1) is 23.7 Å². The van der Waals surface area contributed by atoms with E-state index in [1.807, 2.05) is 30.3 Å². The summed E-state index contributed by atoms with van der Waals surface area (Å²) in [5.74, 6) is 0.480. The van der Waals surface area contributed by atoms with E-state index in [1.54, 1.807) is 23.5 Å². The van der Waals surface area contributed by atoms with Crippen molar-refractivity contribution in [2.45, 2.75) is 0 Å². The number of rotatable bonds is 3. The van der Waals surface area contributed by atoms with Crippen LogP contribution in [0.5, 0.6) is 5.75 Å². The number of methoxy groups -OCH3 is 1.